The number of rotatable bonds is 5. The van der Waals surface area contributed by atoms with Gasteiger partial charge in [-0.2, -0.15) is 0 Å². The molecule has 1 aromatic heterocycles. The van der Waals surface area contributed by atoms with Crippen molar-refractivity contribution in [3.05, 3.63) is 132 Å². The Labute approximate surface area is 230 Å². The summed E-state index contributed by atoms with van der Waals surface area (Å²) in [7, 11) is 1.79. The number of allylic oxidation sites excluding steroid dienone is 4. The van der Waals surface area contributed by atoms with Crippen molar-refractivity contribution < 1.29 is 0 Å². The van der Waals surface area contributed by atoms with Crippen LogP contribution in [0.5, 0.6) is 0 Å². The first-order valence-electron chi connectivity index (χ1n) is 13.5. The van der Waals surface area contributed by atoms with Crippen molar-refractivity contribution in [3.8, 4) is 16.8 Å². The minimum Gasteiger partial charge on any atom is -0.309 e. The lowest BCUT2D eigenvalue weighted by Crippen LogP contribution is -1.97. The van der Waals surface area contributed by atoms with Crippen LogP contribution in [0.15, 0.2) is 120 Å². The van der Waals surface area contributed by atoms with Crippen LogP contribution < -0.4 is 0 Å². The van der Waals surface area contributed by atoms with Crippen LogP contribution in [-0.2, 0) is 0 Å². The second-order valence-electron chi connectivity index (χ2n) is 10.2. The number of fused-ring (bicyclic) bond motifs is 4. The highest BCUT2D eigenvalue weighted by atomic mass is 15.0. The predicted octanol–water partition coefficient (Wildman–Crippen LogP) is 9.88. The highest BCUT2D eigenvalue weighted by molar-refractivity contribution is 6.16. The fraction of sp³-hybridized carbons (Fsp3) is 0.108. The average Bonchev–Trinajstić information content (AvgIpc) is 3.30. The number of aromatic nitrogens is 1. The van der Waals surface area contributed by atoms with Gasteiger partial charge in [-0.05, 0) is 95.3 Å². The SMILES string of the molecule is C/N=C/C=C\C=C(/C)c1cccc2cc3c4ccccc4n(-c4cccc(-c5ccccc5C)c4)c3c(C)c12. The third kappa shape index (κ3) is 4.28. The van der Waals surface area contributed by atoms with Crippen molar-refractivity contribution in [1.82, 2.24) is 4.57 Å². The molecule has 5 aromatic carbocycles. The molecule has 0 fully saturated rings. The second-order valence-corrected chi connectivity index (χ2v) is 10.2. The van der Waals surface area contributed by atoms with Crippen LogP contribution in [0.2, 0.25) is 0 Å². The number of aliphatic imine (C=N–C) groups is 1. The summed E-state index contributed by atoms with van der Waals surface area (Å²) in [6.07, 6.45) is 8.01. The molecule has 0 unspecified atom stereocenters. The van der Waals surface area contributed by atoms with Crippen molar-refractivity contribution in [2.45, 2.75) is 20.8 Å². The zero-order chi connectivity index (χ0) is 26.9. The molecule has 1 heterocycles. The topological polar surface area (TPSA) is 17.3 Å². The van der Waals surface area contributed by atoms with Gasteiger partial charge in [0.05, 0.1) is 11.0 Å². The van der Waals surface area contributed by atoms with Crippen LogP contribution in [0.25, 0.3) is 55.0 Å². The largest absolute Gasteiger partial charge is 0.309 e. The Morgan fingerprint density at radius 3 is 2.41 bits per heavy atom. The number of hydrogen-bond acceptors (Lipinski definition) is 1. The van der Waals surface area contributed by atoms with Gasteiger partial charge in [0, 0.05) is 29.7 Å². The van der Waals surface area contributed by atoms with Crippen molar-refractivity contribution in [1.29, 1.82) is 0 Å². The van der Waals surface area contributed by atoms with Gasteiger partial charge in [0.15, 0.2) is 0 Å². The van der Waals surface area contributed by atoms with Crippen LogP contribution in [0, 0.1) is 13.8 Å². The lowest BCUT2D eigenvalue weighted by Gasteiger charge is -2.15. The standard InChI is InChI=1S/C37H32N2/c1-25-13-5-6-18-31(25)28-15-11-17-30(23-28)39-35-21-8-7-19-33(35)34-24-29-16-12-20-32(36(29)27(3)37(34)39)26(2)14-9-10-22-38-4/h5-24H,1-4H3/b10-9-,26-14+,38-22+. The van der Waals surface area contributed by atoms with Gasteiger partial charge in [0.1, 0.15) is 0 Å². The Balaban J connectivity index is 1.66. The summed E-state index contributed by atoms with van der Waals surface area (Å²) in [5, 5.41) is 5.13. The van der Waals surface area contributed by atoms with Gasteiger partial charge in [-0.25, -0.2) is 0 Å². The molecule has 6 rings (SSSR count). The van der Waals surface area contributed by atoms with Crippen LogP contribution >= 0.6 is 0 Å². The summed E-state index contributed by atoms with van der Waals surface area (Å²) in [4.78, 5) is 4.05. The Morgan fingerprint density at radius 2 is 1.56 bits per heavy atom. The summed E-state index contributed by atoms with van der Waals surface area (Å²) in [5.74, 6) is 0. The Bertz CT molecular complexity index is 1950. The molecule has 0 aliphatic heterocycles. The molecule has 190 valence electrons. The van der Waals surface area contributed by atoms with Gasteiger partial charge in [-0.15, -0.1) is 0 Å². The first-order chi connectivity index (χ1) is 19.1. The van der Waals surface area contributed by atoms with E-state index in [4.69, 9.17) is 0 Å². The number of hydrogen-bond donors (Lipinski definition) is 0. The normalized spacial score (nSPS) is 12.6. The number of aryl methyl sites for hydroxylation is 2. The average molecular weight is 505 g/mol. The van der Waals surface area contributed by atoms with E-state index in [0.717, 1.165) is 0 Å². The van der Waals surface area contributed by atoms with E-state index in [-0.39, 0.29) is 0 Å². The first kappa shape index (κ1) is 24.6. The molecule has 6 aromatic rings. The third-order valence-electron chi connectivity index (χ3n) is 7.72. The quantitative estimate of drug-likeness (QED) is 0.164. The van der Waals surface area contributed by atoms with E-state index in [1.165, 1.54) is 71.7 Å². The van der Waals surface area contributed by atoms with Crippen LogP contribution in [0.1, 0.15) is 23.6 Å². The third-order valence-corrected chi connectivity index (χ3v) is 7.72. The first-order valence-corrected chi connectivity index (χ1v) is 13.5. The lowest BCUT2D eigenvalue weighted by atomic mass is 9.93. The fourth-order valence-electron chi connectivity index (χ4n) is 5.90. The summed E-state index contributed by atoms with van der Waals surface area (Å²) in [5.41, 5.74) is 11.2. The van der Waals surface area contributed by atoms with Gasteiger partial charge in [0.25, 0.3) is 0 Å². The zero-order valence-corrected chi connectivity index (χ0v) is 22.9. The molecule has 0 saturated carbocycles. The number of benzene rings is 5. The van der Waals surface area contributed by atoms with Gasteiger partial charge >= 0.3 is 0 Å². The van der Waals surface area contributed by atoms with Crippen molar-refractivity contribution >= 4 is 44.4 Å². The van der Waals surface area contributed by atoms with Gasteiger partial charge in [0.2, 0.25) is 0 Å². The van der Waals surface area contributed by atoms with E-state index in [1.807, 2.05) is 12.3 Å². The molecule has 0 saturated heterocycles. The predicted molar refractivity (Wildman–Crippen MR) is 170 cm³/mol. The van der Waals surface area contributed by atoms with Crippen molar-refractivity contribution in [2.75, 3.05) is 7.05 Å². The summed E-state index contributed by atoms with van der Waals surface area (Å²) in [6, 6.07) is 35.4. The molecule has 0 radical (unpaired) electrons. The maximum absolute atomic E-state index is 4.05. The van der Waals surface area contributed by atoms with Crippen molar-refractivity contribution in [3.63, 3.8) is 0 Å². The monoisotopic (exact) mass is 504 g/mol. The molecule has 2 heteroatoms. The molecule has 0 atom stereocenters. The van der Waals surface area contributed by atoms with Crippen LogP contribution in [0.4, 0.5) is 0 Å². The highest BCUT2D eigenvalue weighted by Gasteiger charge is 2.18. The van der Waals surface area contributed by atoms with E-state index in [2.05, 4.69) is 140 Å². The Hall–Kier alpha value is -4.69. The maximum atomic E-state index is 4.05. The zero-order valence-electron chi connectivity index (χ0n) is 22.9. The van der Waals surface area contributed by atoms with Crippen LogP contribution in [-0.4, -0.2) is 17.8 Å². The molecule has 0 aliphatic rings. The molecule has 0 bridgehead atoms. The molecule has 2 nitrogen and oxygen atoms in total. The molecule has 0 aliphatic carbocycles. The molecular formula is C37H32N2. The molecule has 0 N–H and O–H groups in total. The van der Waals surface area contributed by atoms with E-state index >= 15 is 0 Å². The second kappa shape index (κ2) is 10.2. The summed E-state index contributed by atoms with van der Waals surface area (Å²) < 4.78 is 2.45. The lowest BCUT2D eigenvalue weighted by molar-refractivity contribution is 1.17. The Kier molecular flexibility index (Phi) is 6.46. The van der Waals surface area contributed by atoms with E-state index in [1.54, 1.807) is 7.05 Å². The highest BCUT2D eigenvalue weighted by Crippen LogP contribution is 2.40. The number of para-hydroxylation sites is 1. The van der Waals surface area contributed by atoms with E-state index in [0.29, 0.717) is 0 Å². The van der Waals surface area contributed by atoms with Crippen molar-refractivity contribution in [2.24, 2.45) is 4.99 Å². The molecule has 0 spiro atoms. The van der Waals surface area contributed by atoms with Gasteiger partial charge in [-0.1, -0.05) is 84.9 Å². The molecule has 0 amide bonds. The minimum atomic E-state index is 1.18. The van der Waals surface area contributed by atoms with Crippen LogP contribution in [0.3, 0.4) is 0 Å². The number of nitrogens with zero attached hydrogens (tertiary/aromatic N) is 2. The smallest absolute Gasteiger partial charge is 0.0576 e. The molecular weight excluding hydrogens is 472 g/mol. The fourth-order valence-corrected chi connectivity index (χ4v) is 5.90. The molecule has 39 heavy (non-hydrogen) atoms. The Morgan fingerprint density at radius 1 is 0.769 bits per heavy atom. The summed E-state index contributed by atoms with van der Waals surface area (Å²) in [6.45, 7) is 6.65. The van der Waals surface area contributed by atoms with Gasteiger partial charge < -0.3 is 4.57 Å². The maximum Gasteiger partial charge on any atom is 0.0576 e. The van der Waals surface area contributed by atoms with E-state index < -0.39 is 0 Å². The minimum absolute atomic E-state index is 1.18. The van der Waals surface area contributed by atoms with E-state index in [9.17, 15) is 0 Å². The summed E-state index contributed by atoms with van der Waals surface area (Å²) >= 11 is 0. The van der Waals surface area contributed by atoms with Gasteiger partial charge in [-0.3, -0.25) is 4.99 Å².